The molecule has 1 heterocycles. The summed E-state index contributed by atoms with van der Waals surface area (Å²) >= 11 is 0. The van der Waals surface area contributed by atoms with Crippen LogP contribution in [0.4, 0.5) is 0 Å². The fourth-order valence-electron chi connectivity index (χ4n) is 1.70. The monoisotopic (exact) mass is 212 g/mol. The van der Waals surface area contributed by atoms with Crippen molar-refractivity contribution in [1.82, 2.24) is 0 Å². The highest BCUT2D eigenvalue weighted by atomic mass is 16.5. The molecule has 6 nitrogen and oxygen atoms in total. The zero-order chi connectivity index (χ0) is 11.3. The Morgan fingerprint density at radius 1 is 1.53 bits per heavy atom. The fourth-order valence-corrected chi connectivity index (χ4v) is 1.70. The fraction of sp³-hybridized carbons (Fsp3) is 0.778. The number of nitrogens with zero attached hydrogens (tertiary/aromatic N) is 2. The molecule has 0 aromatic carbocycles. The Balaban J connectivity index is 2.72. The van der Waals surface area contributed by atoms with Gasteiger partial charge in [-0.3, -0.25) is 0 Å². The normalized spacial score (nSPS) is 31.5. The maximum Gasteiger partial charge on any atom is 0.235 e. The SMILES string of the molecule is C[C@H]1[C@@H]([C@@H](CO)N=C=O)OC[C@H]1N=C=O. The van der Waals surface area contributed by atoms with Gasteiger partial charge in [0.2, 0.25) is 12.2 Å². The van der Waals surface area contributed by atoms with Gasteiger partial charge in [0.1, 0.15) is 6.04 Å². The molecule has 0 unspecified atom stereocenters. The molecule has 0 bridgehead atoms. The molecule has 0 radical (unpaired) electrons. The predicted molar refractivity (Wildman–Crippen MR) is 49.8 cm³/mol. The minimum Gasteiger partial charge on any atom is -0.394 e. The number of rotatable bonds is 4. The van der Waals surface area contributed by atoms with Crippen molar-refractivity contribution in [2.24, 2.45) is 15.9 Å². The molecule has 1 N–H and O–H groups in total. The topological polar surface area (TPSA) is 88.3 Å². The predicted octanol–water partition coefficient (Wildman–Crippen LogP) is -0.578. The zero-order valence-electron chi connectivity index (χ0n) is 8.29. The van der Waals surface area contributed by atoms with E-state index in [1.165, 1.54) is 12.2 Å². The van der Waals surface area contributed by atoms with Gasteiger partial charge in [0.15, 0.2) is 0 Å². The molecular formula is C9H12N2O4. The van der Waals surface area contributed by atoms with Crippen molar-refractivity contribution in [3.63, 3.8) is 0 Å². The van der Waals surface area contributed by atoms with Crippen LogP contribution < -0.4 is 0 Å². The summed E-state index contributed by atoms with van der Waals surface area (Å²) in [6, 6.07) is -0.909. The van der Waals surface area contributed by atoms with Gasteiger partial charge >= 0.3 is 0 Å². The summed E-state index contributed by atoms with van der Waals surface area (Å²) in [7, 11) is 0. The van der Waals surface area contributed by atoms with Gasteiger partial charge in [0.25, 0.3) is 0 Å². The summed E-state index contributed by atoms with van der Waals surface area (Å²) in [5, 5.41) is 8.99. The van der Waals surface area contributed by atoms with Gasteiger partial charge in [-0.25, -0.2) is 9.59 Å². The largest absolute Gasteiger partial charge is 0.394 e. The molecule has 82 valence electrons. The highest BCUT2D eigenvalue weighted by Crippen LogP contribution is 2.26. The smallest absolute Gasteiger partial charge is 0.235 e. The second-order valence-electron chi connectivity index (χ2n) is 3.42. The van der Waals surface area contributed by atoms with E-state index in [0.717, 1.165) is 0 Å². The molecule has 0 aromatic rings. The Morgan fingerprint density at radius 3 is 2.80 bits per heavy atom. The summed E-state index contributed by atoms with van der Waals surface area (Å²) in [5.41, 5.74) is 0. The highest BCUT2D eigenvalue weighted by Gasteiger charge is 2.38. The van der Waals surface area contributed by atoms with Crippen LogP contribution in [-0.4, -0.2) is 48.7 Å². The van der Waals surface area contributed by atoms with Crippen molar-refractivity contribution in [2.75, 3.05) is 13.2 Å². The van der Waals surface area contributed by atoms with Gasteiger partial charge in [0.05, 0.1) is 25.4 Å². The van der Waals surface area contributed by atoms with Gasteiger partial charge < -0.3 is 9.84 Å². The first-order valence-electron chi connectivity index (χ1n) is 4.61. The molecule has 1 aliphatic rings. The van der Waals surface area contributed by atoms with E-state index in [0.29, 0.717) is 0 Å². The zero-order valence-corrected chi connectivity index (χ0v) is 8.29. The van der Waals surface area contributed by atoms with Gasteiger partial charge in [-0.1, -0.05) is 6.92 Å². The van der Waals surface area contributed by atoms with Gasteiger partial charge in [-0.05, 0) is 0 Å². The Kier molecular flexibility index (Phi) is 4.34. The van der Waals surface area contributed by atoms with Crippen molar-refractivity contribution in [1.29, 1.82) is 0 Å². The van der Waals surface area contributed by atoms with Crippen molar-refractivity contribution >= 4 is 12.2 Å². The molecule has 0 saturated carbocycles. The molecule has 1 aliphatic heterocycles. The van der Waals surface area contributed by atoms with Crippen molar-refractivity contribution in [2.45, 2.75) is 25.1 Å². The van der Waals surface area contributed by atoms with Crippen molar-refractivity contribution in [3.8, 4) is 0 Å². The molecule has 15 heavy (non-hydrogen) atoms. The van der Waals surface area contributed by atoms with Crippen LogP contribution in [0, 0.1) is 5.92 Å². The first-order chi connectivity index (χ1) is 7.24. The number of hydrogen-bond acceptors (Lipinski definition) is 6. The first-order valence-corrected chi connectivity index (χ1v) is 4.61. The second-order valence-corrected chi connectivity index (χ2v) is 3.42. The molecular weight excluding hydrogens is 200 g/mol. The molecule has 4 atom stereocenters. The lowest BCUT2D eigenvalue weighted by Gasteiger charge is -2.19. The molecule has 0 spiro atoms. The minimum atomic E-state index is -0.635. The molecule has 1 fully saturated rings. The number of isocyanates is 2. The Bertz CT molecular complexity index is 307. The molecule has 1 saturated heterocycles. The van der Waals surface area contributed by atoms with Crippen LogP contribution >= 0.6 is 0 Å². The minimum absolute atomic E-state index is 0.0827. The Labute approximate surface area is 86.7 Å². The van der Waals surface area contributed by atoms with E-state index in [1.54, 1.807) is 0 Å². The summed E-state index contributed by atoms with van der Waals surface area (Å²) in [6.45, 7) is 1.82. The molecule has 0 aliphatic carbocycles. The lowest BCUT2D eigenvalue weighted by molar-refractivity contribution is 0.0538. The van der Waals surface area contributed by atoms with Crippen molar-refractivity contribution < 1.29 is 19.4 Å². The van der Waals surface area contributed by atoms with E-state index in [4.69, 9.17) is 9.84 Å². The number of aliphatic hydroxyl groups excluding tert-OH is 1. The summed E-state index contributed by atoms with van der Waals surface area (Å²) in [4.78, 5) is 27.2. The van der Waals surface area contributed by atoms with Gasteiger partial charge in [0, 0.05) is 5.92 Å². The van der Waals surface area contributed by atoms with Crippen LogP contribution in [0.2, 0.25) is 0 Å². The Morgan fingerprint density at radius 2 is 2.27 bits per heavy atom. The molecule has 6 heteroatoms. The average molecular weight is 212 g/mol. The van der Waals surface area contributed by atoms with Crippen LogP contribution in [0.15, 0.2) is 9.98 Å². The van der Waals surface area contributed by atoms with Gasteiger partial charge in [-0.15, -0.1) is 0 Å². The molecule has 1 rings (SSSR count). The number of carbonyl (C=O) groups excluding carboxylic acids is 2. The average Bonchev–Trinajstić information content (AvgIpc) is 2.58. The maximum atomic E-state index is 10.1. The van der Waals surface area contributed by atoms with E-state index in [1.807, 2.05) is 6.92 Å². The number of aliphatic hydroxyl groups is 1. The highest BCUT2D eigenvalue weighted by molar-refractivity contribution is 5.35. The third kappa shape index (κ3) is 2.58. The molecule has 0 aromatic heterocycles. The number of aliphatic imine (C=N–C) groups is 2. The lowest BCUT2D eigenvalue weighted by atomic mass is 9.95. The summed E-state index contributed by atoms with van der Waals surface area (Å²) in [6.07, 6.45) is 2.46. The van der Waals surface area contributed by atoms with Gasteiger partial charge in [-0.2, -0.15) is 9.98 Å². The quantitative estimate of drug-likeness (QED) is 0.499. The third-order valence-electron chi connectivity index (χ3n) is 2.59. The van der Waals surface area contributed by atoms with Crippen LogP contribution in [0.25, 0.3) is 0 Å². The lowest BCUT2D eigenvalue weighted by Crippen LogP contribution is -2.33. The van der Waals surface area contributed by atoms with E-state index in [2.05, 4.69) is 9.98 Å². The van der Waals surface area contributed by atoms with Crippen molar-refractivity contribution in [3.05, 3.63) is 0 Å². The third-order valence-corrected chi connectivity index (χ3v) is 2.59. The first kappa shape index (κ1) is 11.8. The summed E-state index contributed by atoms with van der Waals surface area (Å²) < 4.78 is 5.33. The maximum absolute atomic E-state index is 10.1. The Hall–Kier alpha value is -1.32. The van der Waals surface area contributed by atoms with Crippen LogP contribution in [0.3, 0.4) is 0 Å². The summed E-state index contributed by atoms with van der Waals surface area (Å²) in [5.74, 6) is -0.0827. The van der Waals surface area contributed by atoms with Crippen LogP contribution in [0.5, 0.6) is 0 Å². The van der Waals surface area contributed by atoms with E-state index in [9.17, 15) is 9.59 Å². The van der Waals surface area contributed by atoms with E-state index in [-0.39, 0.29) is 25.2 Å². The number of hydrogen-bond donors (Lipinski definition) is 1. The molecule has 0 amide bonds. The second kappa shape index (κ2) is 5.53. The van der Waals surface area contributed by atoms with E-state index < -0.39 is 12.1 Å². The van der Waals surface area contributed by atoms with Crippen LogP contribution in [-0.2, 0) is 14.3 Å². The number of ether oxygens (including phenoxy) is 1. The standard InChI is InChI=1S/C9H12N2O4/c1-6-8(11-5-14)3-15-9(6)7(2-12)10-4-13/h6-9,12H,2-3H2,1H3/t6-,7-,8-,9+/m1/s1. The van der Waals surface area contributed by atoms with E-state index >= 15 is 0 Å². The van der Waals surface area contributed by atoms with Crippen LogP contribution in [0.1, 0.15) is 6.92 Å².